The summed E-state index contributed by atoms with van der Waals surface area (Å²) in [5.41, 5.74) is 0. The van der Waals surface area contributed by atoms with E-state index in [1.807, 2.05) is 6.92 Å². The van der Waals surface area contributed by atoms with Crippen molar-refractivity contribution in [3.63, 3.8) is 0 Å². The zero-order chi connectivity index (χ0) is 13.1. The minimum absolute atomic E-state index is 0.0441. The molecule has 0 spiro atoms. The minimum atomic E-state index is -0.360. The molecule has 3 atom stereocenters. The number of hydrogen-bond donors (Lipinski definition) is 1. The molecule has 18 heavy (non-hydrogen) atoms. The Kier molecular flexibility index (Phi) is 4.22. The van der Waals surface area contributed by atoms with Crippen LogP contribution >= 0.6 is 0 Å². The van der Waals surface area contributed by atoms with Crippen molar-refractivity contribution in [2.24, 2.45) is 0 Å². The van der Waals surface area contributed by atoms with Gasteiger partial charge in [0.15, 0.2) is 0 Å². The lowest BCUT2D eigenvalue weighted by molar-refractivity contribution is -0.149. The highest BCUT2D eigenvalue weighted by Crippen LogP contribution is 2.18. The molecule has 0 radical (unpaired) electrons. The van der Waals surface area contributed by atoms with E-state index in [1.54, 1.807) is 11.8 Å². The number of nitrogens with zero attached hydrogens (tertiary/aromatic N) is 1. The van der Waals surface area contributed by atoms with E-state index in [2.05, 4.69) is 5.32 Å². The number of amides is 2. The lowest BCUT2D eigenvalue weighted by Crippen LogP contribution is -2.62. The highest BCUT2D eigenvalue weighted by atomic mass is 16.5. The van der Waals surface area contributed by atoms with Gasteiger partial charge in [-0.05, 0) is 32.6 Å². The second-order valence-electron chi connectivity index (χ2n) is 5.10. The van der Waals surface area contributed by atoms with E-state index in [4.69, 9.17) is 4.74 Å². The Bertz CT molecular complexity index is 326. The zero-order valence-electron chi connectivity index (χ0n) is 11.1. The molecule has 2 heterocycles. The number of carbonyl (C=O) groups is 2. The van der Waals surface area contributed by atoms with Gasteiger partial charge in [-0.15, -0.1) is 0 Å². The Morgan fingerprint density at radius 3 is 2.83 bits per heavy atom. The molecule has 0 aliphatic carbocycles. The van der Waals surface area contributed by atoms with Crippen molar-refractivity contribution >= 4 is 11.8 Å². The third-order valence-electron chi connectivity index (χ3n) is 3.87. The largest absolute Gasteiger partial charge is 0.378 e. The molecule has 2 rings (SSSR count). The quantitative estimate of drug-likeness (QED) is 0.802. The van der Waals surface area contributed by atoms with Crippen molar-refractivity contribution < 1.29 is 14.3 Å². The molecule has 2 amide bonds. The van der Waals surface area contributed by atoms with E-state index in [1.165, 1.54) is 0 Å². The first kappa shape index (κ1) is 13.3. The van der Waals surface area contributed by atoms with Gasteiger partial charge in [-0.2, -0.15) is 0 Å². The van der Waals surface area contributed by atoms with Crippen LogP contribution in [0.4, 0.5) is 0 Å². The van der Waals surface area contributed by atoms with Crippen molar-refractivity contribution in [1.82, 2.24) is 10.2 Å². The lowest BCUT2D eigenvalue weighted by atomic mass is 10.0. The normalized spacial score (nSPS) is 32.8. The predicted molar refractivity (Wildman–Crippen MR) is 67.0 cm³/mol. The maximum absolute atomic E-state index is 12.2. The molecule has 0 saturated carbocycles. The summed E-state index contributed by atoms with van der Waals surface area (Å²) in [6, 6.07) is -0.708. The van der Waals surface area contributed by atoms with Crippen LogP contribution in [0.15, 0.2) is 0 Å². The standard InChI is InChI=1S/C13H22N2O3/c1-3-11-13(17)15(9(2)12(16)14-11)7-6-10-5-4-8-18-10/h9-11H,3-8H2,1-2H3,(H,14,16). The maximum atomic E-state index is 12.2. The summed E-state index contributed by atoms with van der Waals surface area (Å²) in [7, 11) is 0. The Labute approximate surface area is 108 Å². The summed E-state index contributed by atoms with van der Waals surface area (Å²) in [6.07, 6.45) is 3.91. The third kappa shape index (κ3) is 2.66. The summed E-state index contributed by atoms with van der Waals surface area (Å²) in [5, 5.41) is 2.76. The molecule has 5 nitrogen and oxygen atoms in total. The molecule has 2 fully saturated rings. The van der Waals surface area contributed by atoms with Crippen LogP contribution in [0, 0.1) is 0 Å². The Balaban J connectivity index is 1.94. The molecule has 102 valence electrons. The van der Waals surface area contributed by atoms with Crippen LogP contribution < -0.4 is 5.32 Å². The van der Waals surface area contributed by atoms with Gasteiger partial charge >= 0.3 is 0 Å². The van der Waals surface area contributed by atoms with Crippen LogP contribution in [0.25, 0.3) is 0 Å². The average Bonchev–Trinajstić information content (AvgIpc) is 2.87. The first-order valence-corrected chi connectivity index (χ1v) is 6.86. The van der Waals surface area contributed by atoms with Gasteiger partial charge in [-0.25, -0.2) is 0 Å². The van der Waals surface area contributed by atoms with E-state index in [-0.39, 0.29) is 30.0 Å². The van der Waals surface area contributed by atoms with E-state index < -0.39 is 0 Å². The van der Waals surface area contributed by atoms with Gasteiger partial charge in [0.2, 0.25) is 11.8 Å². The Hall–Kier alpha value is -1.10. The number of nitrogens with one attached hydrogen (secondary N) is 1. The fourth-order valence-electron chi connectivity index (χ4n) is 2.62. The van der Waals surface area contributed by atoms with Crippen molar-refractivity contribution in [2.45, 2.75) is 57.7 Å². The smallest absolute Gasteiger partial charge is 0.245 e. The summed E-state index contributed by atoms with van der Waals surface area (Å²) >= 11 is 0. The summed E-state index contributed by atoms with van der Waals surface area (Å²) < 4.78 is 5.56. The van der Waals surface area contributed by atoms with E-state index >= 15 is 0 Å². The number of hydrogen-bond acceptors (Lipinski definition) is 3. The lowest BCUT2D eigenvalue weighted by Gasteiger charge is -2.37. The van der Waals surface area contributed by atoms with Gasteiger partial charge in [-0.3, -0.25) is 9.59 Å². The summed E-state index contributed by atoms with van der Waals surface area (Å²) in [4.78, 5) is 25.7. The Morgan fingerprint density at radius 1 is 1.44 bits per heavy atom. The molecular weight excluding hydrogens is 232 g/mol. The molecule has 0 aromatic heterocycles. The van der Waals surface area contributed by atoms with E-state index in [9.17, 15) is 9.59 Å². The second kappa shape index (κ2) is 5.69. The molecule has 2 saturated heterocycles. The molecule has 1 N–H and O–H groups in total. The maximum Gasteiger partial charge on any atom is 0.245 e. The fourth-order valence-corrected chi connectivity index (χ4v) is 2.62. The minimum Gasteiger partial charge on any atom is -0.378 e. The van der Waals surface area contributed by atoms with E-state index in [0.717, 1.165) is 25.9 Å². The molecule has 0 aromatic carbocycles. The highest BCUT2D eigenvalue weighted by Gasteiger charge is 2.37. The van der Waals surface area contributed by atoms with Crippen molar-refractivity contribution in [3.05, 3.63) is 0 Å². The molecule has 0 aromatic rings. The second-order valence-corrected chi connectivity index (χ2v) is 5.10. The first-order valence-electron chi connectivity index (χ1n) is 6.86. The number of carbonyl (C=O) groups excluding carboxylic acids is 2. The van der Waals surface area contributed by atoms with Crippen molar-refractivity contribution in [1.29, 1.82) is 0 Å². The van der Waals surface area contributed by atoms with Gasteiger partial charge in [0, 0.05) is 13.2 Å². The van der Waals surface area contributed by atoms with Gasteiger partial charge in [0.25, 0.3) is 0 Å². The molecule has 2 aliphatic rings. The van der Waals surface area contributed by atoms with Crippen LogP contribution in [0.5, 0.6) is 0 Å². The molecule has 2 aliphatic heterocycles. The Morgan fingerprint density at radius 2 is 2.22 bits per heavy atom. The zero-order valence-corrected chi connectivity index (χ0v) is 11.1. The topological polar surface area (TPSA) is 58.6 Å². The number of piperazine rings is 1. The third-order valence-corrected chi connectivity index (χ3v) is 3.87. The SMILES string of the molecule is CCC1NC(=O)C(C)N(CCC2CCCO2)C1=O. The number of rotatable bonds is 4. The van der Waals surface area contributed by atoms with Crippen LogP contribution in [0.1, 0.15) is 39.5 Å². The monoisotopic (exact) mass is 254 g/mol. The molecule has 3 unspecified atom stereocenters. The summed E-state index contributed by atoms with van der Waals surface area (Å²) in [5.74, 6) is -0.00335. The van der Waals surface area contributed by atoms with Crippen molar-refractivity contribution in [2.75, 3.05) is 13.2 Å². The average molecular weight is 254 g/mol. The van der Waals surface area contributed by atoms with Gasteiger partial charge in [0.1, 0.15) is 12.1 Å². The van der Waals surface area contributed by atoms with E-state index in [0.29, 0.717) is 13.0 Å². The van der Waals surface area contributed by atoms with Crippen LogP contribution in [-0.4, -0.2) is 48.1 Å². The van der Waals surface area contributed by atoms with Crippen LogP contribution in [0.2, 0.25) is 0 Å². The fraction of sp³-hybridized carbons (Fsp3) is 0.846. The predicted octanol–water partition coefficient (Wildman–Crippen LogP) is 0.681. The van der Waals surface area contributed by atoms with Crippen LogP contribution in [-0.2, 0) is 14.3 Å². The number of ether oxygens (including phenoxy) is 1. The first-order chi connectivity index (χ1) is 8.63. The van der Waals surface area contributed by atoms with Gasteiger partial charge < -0.3 is 15.0 Å². The van der Waals surface area contributed by atoms with Crippen LogP contribution in [0.3, 0.4) is 0 Å². The molecular formula is C13H22N2O3. The van der Waals surface area contributed by atoms with Crippen molar-refractivity contribution in [3.8, 4) is 0 Å². The molecule has 0 bridgehead atoms. The summed E-state index contributed by atoms with van der Waals surface area (Å²) in [6.45, 7) is 5.15. The molecule has 5 heteroatoms. The van der Waals surface area contributed by atoms with Gasteiger partial charge in [0.05, 0.1) is 6.10 Å². The highest BCUT2D eigenvalue weighted by molar-refractivity contribution is 5.96. The van der Waals surface area contributed by atoms with Gasteiger partial charge in [-0.1, -0.05) is 6.92 Å².